The molecule has 2 rings (SSSR count). The number of ether oxygens (including phenoxy) is 1. The maximum atomic E-state index is 11.6. The van der Waals surface area contributed by atoms with Crippen molar-refractivity contribution in [3.63, 3.8) is 0 Å². The van der Waals surface area contributed by atoms with Crippen molar-refractivity contribution in [3.05, 3.63) is 47.8 Å². The molecule has 6 nitrogen and oxygen atoms in total. The summed E-state index contributed by atoms with van der Waals surface area (Å²) in [4.78, 5) is 11.6. The molecule has 2 aromatic rings. The second-order valence-corrected chi connectivity index (χ2v) is 5.76. The largest absolute Gasteiger partial charge is 0.450 e. The number of carbonyl (C=O) groups is 1. The van der Waals surface area contributed by atoms with Gasteiger partial charge in [-0.25, -0.2) is 4.79 Å². The highest BCUT2D eigenvalue weighted by atomic mass is 16.5. The zero-order valence-corrected chi connectivity index (χ0v) is 14.3. The Morgan fingerprint density at radius 3 is 2.83 bits per heavy atom. The van der Waals surface area contributed by atoms with E-state index in [-0.39, 0.29) is 0 Å². The number of nitrogens with one attached hydrogen (secondary N) is 1. The van der Waals surface area contributed by atoms with Crippen LogP contribution in [0.25, 0.3) is 0 Å². The van der Waals surface area contributed by atoms with Crippen LogP contribution in [0.2, 0.25) is 0 Å². The van der Waals surface area contributed by atoms with E-state index >= 15 is 0 Å². The van der Waals surface area contributed by atoms with Crippen molar-refractivity contribution in [2.24, 2.45) is 0 Å². The van der Waals surface area contributed by atoms with Gasteiger partial charge in [0.05, 0.1) is 19.3 Å². The van der Waals surface area contributed by atoms with E-state index in [0.29, 0.717) is 13.2 Å². The van der Waals surface area contributed by atoms with Crippen molar-refractivity contribution in [2.45, 2.75) is 52.1 Å². The third kappa shape index (κ3) is 6.81. The number of benzene rings is 1. The lowest BCUT2D eigenvalue weighted by molar-refractivity contribution is 0.143. The molecule has 130 valence electrons. The van der Waals surface area contributed by atoms with Crippen molar-refractivity contribution in [1.29, 1.82) is 0 Å². The first kappa shape index (κ1) is 18.0. The number of hydrogen-bond acceptors (Lipinski definition) is 4. The predicted molar refractivity (Wildman–Crippen MR) is 92.5 cm³/mol. The van der Waals surface area contributed by atoms with E-state index in [1.54, 1.807) is 4.68 Å². The molecule has 0 aliphatic rings. The topological polar surface area (TPSA) is 69.0 Å². The van der Waals surface area contributed by atoms with Gasteiger partial charge in [0.1, 0.15) is 5.69 Å². The molecule has 1 heterocycles. The van der Waals surface area contributed by atoms with Crippen LogP contribution in [-0.4, -0.2) is 27.7 Å². The quantitative estimate of drug-likeness (QED) is 0.679. The molecule has 0 unspecified atom stereocenters. The fourth-order valence-electron chi connectivity index (χ4n) is 2.32. The minimum Gasteiger partial charge on any atom is -0.450 e. The lowest BCUT2D eigenvalue weighted by Gasteiger charge is -2.05. The molecule has 0 aliphatic heterocycles. The van der Waals surface area contributed by atoms with Crippen molar-refractivity contribution >= 4 is 6.09 Å². The first-order chi connectivity index (χ1) is 11.8. The van der Waals surface area contributed by atoms with Crippen LogP contribution in [0, 0.1) is 0 Å². The van der Waals surface area contributed by atoms with Crippen molar-refractivity contribution < 1.29 is 9.53 Å². The summed E-state index contributed by atoms with van der Waals surface area (Å²) in [6, 6.07) is 10.2. The summed E-state index contributed by atoms with van der Waals surface area (Å²) < 4.78 is 6.91. The Bertz CT molecular complexity index is 598. The number of carbonyl (C=O) groups excluding carboxylic acids is 1. The lowest BCUT2D eigenvalue weighted by atomic mass is 10.1. The van der Waals surface area contributed by atoms with Crippen LogP contribution >= 0.6 is 0 Å². The Morgan fingerprint density at radius 1 is 1.21 bits per heavy atom. The highest BCUT2D eigenvalue weighted by Gasteiger charge is 2.05. The number of alkyl carbamates (subject to hydrolysis) is 1. The molecule has 0 bridgehead atoms. The number of nitrogens with zero attached hydrogens (tertiary/aromatic N) is 3. The Labute approximate surface area is 143 Å². The van der Waals surface area contributed by atoms with Gasteiger partial charge >= 0.3 is 6.09 Å². The summed E-state index contributed by atoms with van der Waals surface area (Å²) in [5.41, 5.74) is 1.99. The minimum absolute atomic E-state index is 0.332. The maximum absolute atomic E-state index is 11.6. The predicted octanol–water partition coefficient (Wildman–Crippen LogP) is 3.33. The molecule has 0 saturated carbocycles. The zero-order valence-electron chi connectivity index (χ0n) is 14.3. The third-order valence-corrected chi connectivity index (χ3v) is 3.70. The summed E-state index contributed by atoms with van der Waals surface area (Å²) in [6.07, 6.45) is 6.71. The highest BCUT2D eigenvalue weighted by Crippen LogP contribution is 2.02. The average molecular weight is 330 g/mol. The summed E-state index contributed by atoms with van der Waals surface area (Å²) in [7, 11) is 0. The van der Waals surface area contributed by atoms with Gasteiger partial charge in [-0.15, -0.1) is 5.10 Å². The highest BCUT2D eigenvalue weighted by molar-refractivity contribution is 5.66. The summed E-state index contributed by atoms with van der Waals surface area (Å²) >= 11 is 0. The van der Waals surface area contributed by atoms with Crippen LogP contribution in [0.15, 0.2) is 36.5 Å². The van der Waals surface area contributed by atoms with Gasteiger partial charge < -0.3 is 10.1 Å². The molecule has 24 heavy (non-hydrogen) atoms. The standard InChI is InChI=1S/C18H26N4O2/c1-2-3-4-8-13-24-18(23)19-14-17-15-22(21-20-17)12-11-16-9-6-5-7-10-16/h5-7,9-10,15H,2-4,8,11-14H2,1H3,(H,19,23). The fourth-order valence-corrected chi connectivity index (χ4v) is 2.32. The van der Waals surface area contributed by atoms with Crippen molar-refractivity contribution in [3.8, 4) is 0 Å². The van der Waals surface area contributed by atoms with Gasteiger partial charge in [-0.3, -0.25) is 4.68 Å². The van der Waals surface area contributed by atoms with Gasteiger partial charge in [-0.1, -0.05) is 61.7 Å². The first-order valence-electron chi connectivity index (χ1n) is 8.61. The van der Waals surface area contributed by atoms with Gasteiger partial charge in [0, 0.05) is 6.54 Å². The van der Waals surface area contributed by atoms with E-state index in [1.165, 1.54) is 18.4 Å². The van der Waals surface area contributed by atoms with Crippen LogP contribution in [0.5, 0.6) is 0 Å². The molecule has 1 N–H and O–H groups in total. The van der Waals surface area contributed by atoms with Crippen LogP contribution in [0.1, 0.15) is 43.9 Å². The maximum Gasteiger partial charge on any atom is 0.407 e. The smallest absolute Gasteiger partial charge is 0.407 e. The van der Waals surface area contributed by atoms with Crippen molar-refractivity contribution in [2.75, 3.05) is 6.61 Å². The molecule has 0 fully saturated rings. The van der Waals surface area contributed by atoms with E-state index in [0.717, 1.165) is 31.5 Å². The Kier molecular flexibility index (Phi) is 7.80. The molecular weight excluding hydrogens is 304 g/mol. The fraction of sp³-hybridized carbons (Fsp3) is 0.500. The molecule has 1 aromatic carbocycles. The van der Waals surface area contributed by atoms with E-state index in [9.17, 15) is 4.79 Å². The molecule has 6 heteroatoms. The number of aromatic nitrogens is 3. The summed E-state index contributed by atoms with van der Waals surface area (Å²) in [5.74, 6) is 0. The van der Waals surface area contributed by atoms with Crippen molar-refractivity contribution in [1.82, 2.24) is 20.3 Å². The Balaban J connectivity index is 1.63. The van der Waals surface area contributed by atoms with Crippen LogP contribution in [0.4, 0.5) is 4.79 Å². The minimum atomic E-state index is -0.398. The zero-order chi connectivity index (χ0) is 17.0. The third-order valence-electron chi connectivity index (χ3n) is 3.70. The second kappa shape index (κ2) is 10.4. The molecule has 1 amide bonds. The molecule has 0 spiro atoms. The van der Waals surface area contributed by atoms with Gasteiger partial charge in [-0.2, -0.15) is 0 Å². The average Bonchev–Trinajstić information content (AvgIpc) is 3.07. The van der Waals surface area contributed by atoms with Gasteiger partial charge in [0.15, 0.2) is 0 Å². The SMILES string of the molecule is CCCCCCOC(=O)NCc1cn(CCc2ccccc2)nn1. The number of amides is 1. The van der Waals surface area contributed by atoms with Gasteiger partial charge in [0.2, 0.25) is 0 Å². The van der Waals surface area contributed by atoms with Crippen LogP contribution < -0.4 is 5.32 Å². The van der Waals surface area contributed by atoms with E-state index in [4.69, 9.17) is 4.74 Å². The molecular formula is C18H26N4O2. The second-order valence-electron chi connectivity index (χ2n) is 5.76. The first-order valence-corrected chi connectivity index (χ1v) is 8.61. The number of rotatable bonds is 10. The normalized spacial score (nSPS) is 10.5. The van der Waals surface area contributed by atoms with E-state index in [1.807, 2.05) is 24.4 Å². The van der Waals surface area contributed by atoms with Crippen LogP contribution in [-0.2, 0) is 24.2 Å². The monoisotopic (exact) mass is 330 g/mol. The summed E-state index contributed by atoms with van der Waals surface area (Å²) in [5, 5.41) is 10.8. The van der Waals surface area contributed by atoms with Crippen LogP contribution in [0.3, 0.4) is 0 Å². The lowest BCUT2D eigenvalue weighted by Crippen LogP contribution is -2.24. The molecule has 0 radical (unpaired) electrons. The number of unbranched alkanes of at least 4 members (excludes halogenated alkanes) is 3. The summed E-state index contributed by atoms with van der Waals surface area (Å²) in [6.45, 7) is 3.72. The van der Waals surface area contributed by atoms with E-state index in [2.05, 4.69) is 34.7 Å². The molecule has 0 saturated heterocycles. The molecule has 0 aliphatic carbocycles. The number of aryl methyl sites for hydroxylation is 2. The molecule has 1 aromatic heterocycles. The number of hydrogen-bond donors (Lipinski definition) is 1. The van der Waals surface area contributed by atoms with E-state index < -0.39 is 6.09 Å². The van der Waals surface area contributed by atoms with Gasteiger partial charge in [0.25, 0.3) is 0 Å². The Morgan fingerprint density at radius 2 is 2.04 bits per heavy atom. The molecule has 0 atom stereocenters. The Hall–Kier alpha value is -2.37. The van der Waals surface area contributed by atoms with Gasteiger partial charge in [-0.05, 0) is 18.4 Å².